The van der Waals surface area contributed by atoms with Crippen molar-refractivity contribution in [1.29, 1.82) is 0 Å². The summed E-state index contributed by atoms with van der Waals surface area (Å²) >= 11 is 14.0. The fourth-order valence-corrected chi connectivity index (χ4v) is 2.05. The molecule has 0 aliphatic carbocycles. The van der Waals surface area contributed by atoms with E-state index in [-0.39, 0.29) is 0 Å². The number of aromatic nitrogens is 1. The molecule has 2 aromatic rings. The largest absolute Gasteiger partial charge is 0.383 e. The number of nitrogen functional groups attached to an aromatic ring is 1. The van der Waals surface area contributed by atoms with Crippen molar-refractivity contribution in [3.8, 4) is 11.1 Å². The molecule has 5 heteroatoms. The smallest absolute Gasteiger partial charge is 0.136 e. The Kier molecular flexibility index (Phi) is 3.56. The van der Waals surface area contributed by atoms with Crippen LogP contribution in [0.25, 0.3) is 11.1 Å². The molecular weight excluding hydrogens is 358 g/mol. The average Bonchev–Trinajstić information content (AvgIpc) is 2.26. The van der Waals surface area contributed by atoms with Crippen LogP contribution in [0.2, 0.25) is 10.0 Å². The first-order valence-corrected chi connectivity index (χ1v) is 6.28. The molecule has 0 aliphatic rings. The molecule has 0 amide bonds. The minimum absolute atomic E-state index is 0.532. The maximum atomic E-state index is 5.96. The molecule has 0 spiro atoms. The highest BCUT2D eigenvalue weighted by Gasteiger charge is 2.04. The molecule has 0 saturated carbocycles. The van der Waals surface area contributed by atoms with Crippen LogP contribution in [0.5, 0.6) is 0 Å². The van der Waals surface area contributed by atoms with Crippen molar-refractivity contribution in [2.24, 2.45) is 0 Å². The molecule has 0 saturated heterocycles. The van der Waals surface area contributed by atoms with Gasteiger partial charge < -0.3 is 5.73 Å². The lowest BCUT2D eigenvalue weighted by molar-refractivity contribution is 1.32. The minimum atomic E-state index is 0.532. The summed E-state index contributed by atoms with van der Waals surface area (Å²) in [5, 5.41) is 1.08. The zero-order valence-corrected chi connectivity index (χ0v) is 11.7. The summed E-state index contributed by atoms with van der Waals surface area (Å²) in [6, 6.07) is 7.44. The number of hydrogen-bond acceptors (Lipinski definition) is 2. The Morgan fingerprint density at radius 3 is 2.44 bits per heavy atom. The highest BCUT2D eigenvalue weighted by atomic mass is 127. The molecule has 2 nitrogen and oxygen atoms in total. The first-order chi connectivity index (χ1) is 7.58. The van der Waals surface area contributed by atoms with Gasteiger partial charge in [0.25, 0.3) is 0 Å². The van der Waals surface area contributed by atoms with E-state index in [2.05, 4.69) is 27.6 Å². The number of rotatable bonds is 1. The Morgan fingerprint density at radius 1 is 1.06 bits per heavy atom. The summed E-state index contributed by atoms with van der Waals surface area (Å²) in [7, 11) is 0. The second-order valence-corrected chi connectivity index (χ2v) is 5.20. The second kappa shape index (κ2) is 4.77. The van der Waals surface area contributed by atoms with Crippen molar-refractivity contribution < 1.29 is 0 Å². The lowest BCUT2D eigenvalue weighted by Crippen LogP contribution is -1.93. The molecule has 2 rings (SSSR count). The summed E-state index contributed by atoms with van der Waals surface area (Å²) in [6.07, 6.45) is 1.72. The third-order valence-electron chi connectivity index (χ3n) is 2.12. The SMILES string of the molecule is Nc1ncc(-c2ccc(Cl)c(Cl)c2)cc1I. The molecule has 0 aliphatic heterocycles. The van der Waals surface area contributed by atoms with Crippen molar-refractivity contribution in [1.82, 2.24) is 4.98 Å². The molecule has 0 unspecified atom stereocenters. The molecule has 0 radical (unpaired) electrons. The van der Waals surface area contributed by atoms with E-state index in [0.717, 1.165) is 14.7 Å². The molecule has 0 bridgehead atoms. The number of halogens is 3. The van der Waals surface area contributed by atoms with E-state index < -0.39 is 0 Å². The lowest BCUT2D eigenvalue weighted by Gasteiger charge is -2.05. The van der Waals surface area contributed by atoms with Crippen LogP contribution in [0.4, 0.5) is 5.82 Å². The fourth-order valence-electron chi connectivity index (χ4n) is 1.28. The summed E-state index contributed by atoms with van der Waals surface area (Å²) in [4.78, 5) is 4.10. The minimum Gasteiger partial charge on any atom is -0.383 e. The second-order valence-electron chi connectivity index (χ2n) is 3.22. The molecule has 1 aromatic carbocycles. The van der Waals surface area contributed by atoms with Crippen molar-refractivity contribution in [2.75, 3.05) is 5.73 Å². The first kappa shape index (κ1) is 12.0. The van der Waals surface area contributed by atoms with Gasteiger partial charge in [-0.3, -0.25) is 0 Å². The van der Waals surface area contributed by atoms with E-state index in [1.54, 1.807) is 12.3 Å². The molecule has 0 atom stereocenters. The molecule has 16 heavy (non-hydrogen) atoms. The van der Waals surface area contributed by atoms with Crippen molar-refractivity contribution in [2.45, 2.75) is 0 Å². The monoisotopic (exact) mass is 364 g/mol. The highest BCUT2D eigenvalue weighted by Crippen LogP contribution is 2.29. The van der Waals surface area contributed by atoms with Crippen molar-refractivity contribution >= 4 is 51.6 Å². The number of anilines is 1. The Hall–Kier alpha value is -0.520. The van der Waals surface area contributed by atoms with E-state index in [1.165, 1.54) is 0 Å². The Bertz CT molecular complexity index is 494. The number of hydrogen-bond donors (Lipinski definition) is 1. The third-order valence-corrected chi connectivity index (χ3v) is 3.73. The third kappa shape index (κ3) is 2.42. The molecule has 1 heterocycles. The standard InChI is InChI=1S/C11H7Cl2IN2/c12-8-2-1-6(3-9(8)13)7-4-10(14)11(15)16-5-7/h1-5H,(H2,15,16). The summed E-state index contributed by atoms with van der Waals surface area (Å²) in [5.74, 6) is 0.532. The number of benzene rings is 1. The van der Waals surface area contributed by atoms with Crippen LogP contribution in [-0.2, 0) is 0 Å². The van der Waals surface area contributed by atoms with Gasteiger partial charge in [-0.05, 0) is 46.4 Å². The van der Waals surface area contributed by atoms with Gasteiger partial charge in [0, 0.05) is 11.8 Å². The maximum Gasteiger partial charge on any atom is 0.136 e. The Balaban J connectivity index is 2.50. The quantitative estimate of drug-likeness (QED) is 0.768. The molecule has 82 valence electrons. The topological polar surface area (TPSA) is 38.9 Å². The van der Waals surface area contributed by atoms with E-state index in [0.29, 0.717) is 15.9 Å². The molecule has 1 aromatic heterocycles. The van der Waals surface area contributed by atoms with Gasteiger partial charge in [0.2, 0.25) is 0 Å². The van der Waals surface area contributed by atoms with Crippen LogP contribution in [0.15, 0.2) is 30.5 Å². The van der Waals surface area contributed by atoms with Gasteiger partial charge in [0.15, 0.2) is 0 Å². The van der Waals surface area contributed by atoms with Crippen LogP contribution in [0.3, 0.4) is 0 Å². The van der Waals surface area contributed by atoms with Gasteiger partial charge in [-0.1, -0.05) is 29.3 Å². The summed E-state index contributed by atoms with van der Waals surface area (Å²) in [6.45, 7) is 0. The number of nitrogens with two attached hydrogens (primary N) is 1. The summed E-state index contributed by atoms with van der Waals surface area (Å²) in [5.41, 5.74) is 7.60. The van der Waals surface area contributed by atoms with Gasteiger partial charge in [0.05, 0.1) is 13.6 Å². The maximum absolute atomic E-state index is 5.96. The van der Waals surface area contributed by atoms with Crippen LogP contribution < -0.4 is 5.73 Å². The zero-order valence-electron chi connectivity index (χ0n) is 8.05. The Morgan fingerprint density at radius 2 is 1.81 bits per heavy atom. The van der Waals surface area contributed by atoms with Crippen LogP contribution in [0.1, 0.15) is 0 Å². The van der Waals surface area contributed by atoms with E-state index in [4.69, 9.17) is 28.9 Å². The fraction of sp³-hybridized carbons (Fsp3) is 0. The van der Waals surface area contributed by atoms with E-state index in [1.807, 2.05) is 18.2 Å². The van der Waals surface area contributed by atoms with E-state index >= 15 is 0 Å². The van der Waals surface area contributed by atoms with Crippen LogP contribution >= 0.6 is 45.8 Å². The van der Waals surface area contributed by atoms with Gasteiger partial charge in [-0.2, -0.15) is 0 Å². The lowest BCUT2D eigenvalue weighted by atomic mass is 10.1. The van der Waals surface area contributed by atoms with E-state index in [9.17, 15) is 0 Å². The highest BCUT2D eigenvalue weighted by molar-refractivity contribution is 14.1. The van der Waals surface area contributed by atoms with Gasteiger partial charge in [-0.15, -0.1) is 0 Å². The van der Waals surface area contributed by atoms with Crippen LogP contribution in [-0.4, -0.2) is 4.98 Å². The van der Waals surface area contributed by atoms with Gasteiger partial charge in [-0.25, -0.2) is 4.98 Å². The first-order valence-electron chi connectivity index (χ1n) is 4.44. The van der Waals surface area contributed by atoms with Crippen LogP contribution in [0, 0.1) is 3.57 Å². The molecular formula is C11H7Cl2IN2. The predicted octanol–water partition coefficient (Wildman–Crippen LogP) is 4.24. The van der Waals surface area contributed by atoms with Gasteiger partial charge >= 0.3 is 0 Å². The van der Waals surface area contributed by atoms with Crippen molar-refractivity contribution in [3.63, 3.8) is 0 Å². The number of nitrogens with zero attached hydrogens (tertiary/aromatic N) is 1. The molecule has 0 fully saturated rings. The predicted molar refractivity (Wildman–Crippen MR) is 76.8 cm³/mol. The molecule has 2 N–H and O–H groups in total. The zero-order chi connectivity index (χ0) is 11.7. The van der Waals surface area contributed by atoms with Crippen molar-refractivity contribution in [3.05, 3.63) is 44.1 Å². The Labute approximate surface area is 117 Å². The summed E-state index contributed by atoms with van der Waals surface area (Å²) < 4.78 is 0.918. The number of pyridine rings is 1. The average molecular weight is 365 g/mol. The normalized spacial score (nSPS) is 10.4. The van der Waals surface area contributed by atoms with Gasteiger partial charge in [0.1, 0.15) is 5.82 Å².